The van der Waals surface area contributed by atoms with E-state index in [1.165, 1.54) is 19.4 Å². The van der Waals surface area contributed by atoms with Crippen LogP contribution in [0.3, 0.4) is 0 Å². The maximum absolute atomic E-state index is 11.1. The molecule has 2 heterocycles. The number of amides is 1. The van der Waals surface area contributed by atoms with E-state index in [2.05, 4.69) is 12.4 Å². The predicted molar refractivity (Wildman–Crippen MR) is 42.0 cm³/mol. The highest BCUT2D eigenvalue weighted by Crippen LogP contribution is 2.25. The Hall–Kier alpha value is -0.570. The smallest absolute Gasteiger partial charge is 0.275 e. The number of hydrogen-bond acceptors (Lipinski definition) is 1. The van der Waals surface area contributed by atoms with E-state index >= 15 is 0 Å². The highest BCUT2D eigenvalue weighted by Gasteiger charge is 2.42. The number of carbonyl (C=O) groups excluding carboxylic acids is 1. The molecule has 2 fully saturated rings. The number of hydrogen-bond donors (Lipinski definition) is 1. The van der Waals surface area contributed by atoms with E-state index in [4.69, 9.17) is 0 Å². The first kappa shape index (κ1) is 7.10. The molecule has 3 nitrogen and oxygen atoms in total. The van der Waals surface area contributed by atoms with Crippen molar-refractivity contribution in [2.75, 3.05) is 26.7 Å². The second-order valence-electron chi connectivity index (χ2n) is 3.96. The molecule has 0 spiro atoms. The molecule has 0 bridgehead atoms. The lowest BCUT2D eigenvalue weighted by Gasteiger charge is -2.39. The second kappa shape index (κ2) is 2.21. The molecule has 0 unspecified atom stereocenters. The van der Waals surface area contributed by atoms with Crippen LogP contribution >= 0.6 is 0 Å². The molecule has 1 amide bonds. The Labute approximate surface area is 67.0 Å². The number of rotatable bonds is 0. The molecule has 2 aliphatic heterocycles. The van der Waals surface area contributed by atoms with Gasteiger partial charge in [0.05, 0.1) is 20.1 Å². The molecule has 0 aromatic carbocycles. The van der Waals surface area contributed by atoms with Crippen molar-refractivity contribution in [3.63, 3.8) is 0 Å². The van der Waals surface area contributed by atoms with Gasteiger partial charge < -0.3 is 9.80 Å². The maximum atomic E-state index is 11.1. The zero-order chi connectivity index (χ0) is 7.90. The van der Waals surface area contributed by atoms with Gasteiger partial charge in [0.15, 0.2) is 6.54 Å². The standard InChI is InChI=1S/C8H14N2O/c1-10-4-2-3-7(10)5-9-8(11)6-10/h7H,2-6H2,1H3/p+1/t7-,10+/m0/s1. The molecule has 2 rings (SSSR count). The Bertz CT molecular complexity index is 193. The van der Waals surface area contributed by atoms with E-state index in [9.17, 15) is 4.79 Å². The third-order valence-electron chi connectivity index (χ3n) is 3.13. The zero-order valence-electron chi connectivity index (χ0n) is 6.97. The fourth-order valence-corrected chi connectivity index (χ4v) is 2.33. The Morgan fingerprint density at radius 1 is 1.64 bits per heavy atom. The Kier molecular flexibility index (Phi) is 1.42. The van der Waals surface area contributed by atoms with Gasteiger partial charge in [-0.1, -0.05) is 0 Å². The first-order valence-corrected chi connectivity index (χ1v) is 4.32. The van der Waals surface area contributed by atoms with Gasteiger partial charge in [-0.3, -0.25) is 4.79 Å². The lowest BCUT2D eigenvalue weighted by molar-refractivity contribution is -0.914. The van der Waals surface area contributed by atoms with Crippen molar-refractivity contribution in [3.8, 4) is 0 Å². The van der Waals surface area contributed by atoms with Crippen LogP contribution in [0, 0.1) is 0 Å². The average molecular weight is 155 g/mol. The van der Waals surface area contributed by atoms with Crippen LogP contribution in [0.4, 0.5) is 0 Å². The van der Waals surface area contributed by atoms with Gasteiger partial charge in [-0.25, -0.2) is 0 Å². The quantitative estimate of drug-likeness (QED) is 0.479. The summed E-state index contributed by atoms with van der Waals surface area (Å²) in [5.41, 5.74) is 0. The van der Waals surface area contributed by atoms with Crippen LogP contribution in [-0.2, 0) is 4.79 Å². The summed E-state index contributed by atoms with van der Waals surface area (Å²) in [6, 6.07) is 0.702. The van der Waals surface area contributed by atoms with E-state index in [1.807, 2.05) is 0 Å². The molecule has 62 valence electrons. The van der Waals surface area contributed by atoms with Crippen LogP contribution in [0.1, 0.15) is 12.8 Å². The molecule has 0 aliphatic carbocycles. The minimum atomic E-state index is 0.227. The highest BCUT2D eigenvalue weighted by molar-refractivity contribution is 5.77. The Balaban J connectivity index is 2.16. The first-order valence-electron chi connectivity index (χ1n) is 4.32. The lowest BCUT2D eigenvalue weighted by Crippen LogP contribution is -2.61. The van der Waals surface area contributed by atoms with E-state index < -0.39 is 0 Å². The molecule has 0 saturated carbocycles. The summed E-state index contributed by atoms with van der Waals surface area (Å²) in [6.45, 7) is 2.79. The van der Waals surface area contributed by atoms with Crippen LogP contribution in [0.25, 0.3) is 0 Å². The van der Waals surface area contributed by atoms with Crippen LogP contribution in [0.15, 0.2) is 0 Å². The van der Waals surface area contributed by atoms with Crippen LogP contribution in [0.5, 0.6) is 0 Å². The van der Waals surface area contributed by atoms with Crippen LogP contribution in [-0.4, -0.2) is 43.1 Å². The minimum Gasteiger partial charge on any atom is -0.345 e. The second-order valence-corrected chi connectivity index (χ2v) is 3.96. The fourth-order valence-electron chi connectivity index (χ4n) is 2.33. The third-order valence-corrected chi connectivity index (χ3v) is 3.13. The van der Waals surface area contributed by atoms with Gasteiger partial charge in [-0.2, -0.15) is 0 Å². The van der Waals surface area contributed by atoms with E-state index in [0.29, 0.717) is 12.6 Å². The molecule has 2 aliphatic rings. The SMILES string of the molecule is C[N@+]12CCC[C@H]1CNC(=O)C2. The Morgan fingerprint density at radius 3 is 3.27 bits per heavy atom. The summed E-state index contributed by atoms with van der Waals surface area (Å²) in [7, 11) is 2.20. The molecule has 1 N–H and O–H groups in total. The normalized spacial score (nSPS) is 43.4. The summed E-state index contributed by atoms with van der Waals surface area (Å²) >= 11 is 0. The van der Waals surface area contributed by atoms with E-state index in [0.717, 1.165) is 11.0 Å². The van der Waals surface area contributed by atoms with E-state index in [1.54, 1.807) is 0 Å². The van der Waals surface area contributed by atoms with Gasteiger partial charge >= 0.3 is 0 Å². The summed E-state index contributed by atoms with van der Waals surface area (Å²) in [5.74, 6) is 0.227. The van der Waals surface area contributed by atoms with Gasteiger partial charge in [-0.05, 0) is 0 Å². The average Bonchev–Trinajstić information content (AvgIpc) is 2.28. The number of carbonyl (C=O) groups is 1. The maximum Gasteiger partial charge on any atom is 0.275 e. The van der Waals surface area contributed by atoms with Crippen molar-refractivity contribution in [2.24, 2.45) is 0 Å². The predicted octanol–water partition coefficient (Wildman–Crippen LogP) is -0.275. The molecule has 3 heteroatoms. The van der Waals surface area contributed by atoms with Crippen molar-refractivity contribution < 1.29 is 9.28 Å². The topological polar surface area (TPSA) is 29.1 Å². The van der Waals surface area contributed by atoms with Crippen LogP contribution < -0.4 is 5.32 Å². The number of piperazine rings is 1. The lowest BCUT2D eigenvalue weighted by atomic mass is 10.1. The summed E-state index contributed by atoms with van der Waals surface area (Å²) in [5, 5.41) is 2.92. The number of nitrogens with zero attached hydrogens (tertiary/aromatic N) is 1. The van der Waals surface area contributed by atoms with Crippen molar-refractivity contribution >= 4 is 5.91 Å². The van der Waals surface area contributed by atoms with Crippen molar-refractivity contribution in [1.29, 1.82) is 0 Å². The van der Waals surface area contributed by atoms with Gasteiger partial charge in [0.25, 0.3) is 5.91 Å². The van der Waals surface area contributed by atoms with Crippen LogP contribution in [0.2, 0.25) is 0 Å². The first-order chi connectivity index (χ1) is 5.21. The van der Waals surface area contributed by atoms with E-state index in [-0.39, 0.29) is 5.91 Å². The molecular formula is C8H15N2O+. The van der Waals surface area contributed by atoms with Crippen molar-refractivity contribution in [3.05, 3.63) is 0 Å². The fraction of sp³-hybridized carbons (Fsp3) is 0.875. The highest BCUT2D eigenvalue weighted by atomic mass is 16.2. The Morgan fingerprint density at radius 2 is 2.45 bits per heavy atom. The molecule has 2 atom stereocenters. The molecular weight excluding hydrogens is 140 g/mol. The van der Waals surface area contributed by atoms with Crippen molar-refractivity contribution in [2.45, 2.75) is 18.9 Å². The number of likely N-dealkylation sites (N-methyl/N-ethyl adjacent to an activating group) is 1. The van der Waals surface area contributed by atoms with Gasteiger partial charge in [0.1, 0.15) is 6.04 Å². The largest absolute Gasteiger partial charge is 0.345 e. The number of quaternary nitrogens is 1. The third kappa shape index (κ3) is 1.03. The van der Waals surface area contributed by atoms with Gasteiger partial charge in [-0.15, -0.1) is 0 Å². The molecule has 0 aromatic heterocycles. The molecule has 0 radical (unpaired) electrons. The van der Waals surface area contributed by atoms with Gasteiger partial charge in [0, 0.05) is 12.8 Å². The minimum absolute atomic E-state index is 0.227. The number of fused-ring (bicyclic) bond motifs is 1. The number of nitrogens with one attached hydrogen (secondary N) is 1. The zero-order valence-corrected chi connectivity index (χ0v) is 6.97. The molecule has 11 heavy (non-hydrogen) atoms. The van der Waals surface area contributed by atoms with Crippen molar-refractivity contribution in [1.82, 2.24) is 5.32 Å². The molecule has 2 saturated heterocycles. The summed E-state index contributed by atoms with van der Waals surface area (Å²) < 4.78 is 0.992. The summed E-state index contributed by atoms with van der Waals surface area (Å²) in [6.07, 6.45) is 2.58. The monoisotopic (exact) mass is 155 g/mol. The van der Waals surface area contributed by atoms with Gasteiger partial charge in [0.2, 0.25) is 0 Å². The summed E-state index contributed by atoms with van der Waals surface area (Å²) in [4.78, 5) is 11.1. The molecule has 0 aromatic rings.